The number of nitrogens with one attached hydrogen (secondary N) is 1. The van der Waals surface area contributed by atoms with Gasteiger partial charge in [0.25, 0.3) is 11.8 Å². The molecule has 27 heavy (non-hydrogen) atoms. The van der Waals surface area contributed by atoms with E-state index in [-0.39, 0.29) is 17.9 Å². The van der Waals surface area contributed by atoms with Crippen molar-refractivity contribution in [3.8, 4) is 11.5 Å². The fraction of sp³-hybridized carbons (Fsp3) is 0.211. The molecular formula is C19H20N2O6. The largest absolute Gasteiger partial charge is 0.490 e. The van der Waals surface area contributed by atoms with Crippen LogP contribution < -0.4 is 20.5 Å². The molecule has 0 atom stereocenters. The van der Waals surface area contributed by atoms with Crippen molar-refractivity contribution in [1.29, 1.82) is 0 Å². The van der Waals surface area contributed by atoms with Crippen molar-refractivity contribution in [2.45, 2.75) is 6.92 Å². The Morgan fingerprint density at radius 1 is 0.926 bits per heavy atom. The van der Waals surface area contributed by atoms with Gasteiger partial charge in [-0.2, -0.15) is 0 Å². The molecule has 0 saturated carbocycles. The van der Waals surface area contributed by atoms with Crippen LogP contribution in [0.25, 0.3) is 0 Å². The molecule has 0 fully saturated rings. The van der Waals surface area contributed by atoms with Crippen LogP contribution in [-0.4, -0.2) is 37.6 Å². The topological polar surface area (TPSA) is 117 Å². The molecular weight excluding hydrogens is 352 g/mol. The first kappa shape index (κ1) is 19.8. The van der Waals surface area contributed by atoms with Crippen LogP contribution in [0.5, 0.6) is 11.5 Å². The summed E-state index contributed by atoms with van der Waals surface area (Å²) in [6.45, 7) is 1.38. The lowest BCUT2D eigenvalue weighted by atomic mass is 10.1. The highest BCUT2D eigenvalue weighted by molar-refractivity contribution is 6.03. The second-order valence-corrected chi connectivity index (χ2v) is 5.29. The van der Waals surface area contributed by atoms with Gasteiger partial charge in [-0.3, -0.25) is 9.59 Å². The summed E-state index contributed by atoms with van der Waals surface area (Å²) in [5.41, 5.74) is 5.64. The molecule has 2 amide bonds. The summed E-state index contributed by atoms with van der Waals surface area (Å²) in [5, 5.41) is 2.47. The van der Waals surface area contributed by atoms with E-state index in [0.29, 0.717) is 18.1 Å². The maximum atomic E-state index is 11.9. The van der Waals surface area contributed by atoms with Gasteiger partial charge in [-0.15, -0.1) is 0 Å². The van der Waals surface area contributed by atoms with Crippen molar-refractivity contribution in [3.63, 3.8) is 0 Å². The van der Waals surface area contributed by atoms with Gasteiger partial charge >= 0.3 is 5.97 Å². The molecule has 8 nitrogen and oxygen atoms in total. The van der Waals surface area contributed by atoms with Gasteiger partial charge in [0.1, 0.15) is 0 Å². The number of hydrogen-bond donors (Lipinski definition) is 2. The number of primary amides is 1. The highest BCUT2D eigenvalue weighted by Gasteiger charge is 2.13. The number of carbonyl (C=O) groups is 3. The van der Waals surface area contributed by atoms with E-state index in [2.05, 4.69) is 5.32 Å². The standard InChI is InChI=1S/C19H20N2O6/c1-2-25-15-9-5-6-10-16(15)26-12-18(23)27-11-17(22)21-14-8-4-3-7-13(14)19(20)24/h3-10H,2,11-12H2,1H3,(H2,20,24)(H,21,22). The summed E-state index contributed by atoms with van der Waals surface area (Å²) >= 11 is 0. The molecule has 0 aromatic heterocycles. The van der Waals surface area contributed by atoms with Crippen molar-refractivity contribution in [2.75, 3.05) is 25.1 Å². The predicted molar refractivity (Wildman–Crippen MR) is 97.7 cm³/mol. The number of rotatable bonds is 9. The molecule has 0 unspecified atom stereocenters. The van der Waals surface area contributed by atoms with Gasteiger partial charge in [0, 0.05) is 0 Å². The summed E-state index contributed by atoms with van der Waals surface area (Å²) in [7, 11) is 0. The zero-order chi connectivity index (χ0) is 19.6. The van der Waals surface area contributed by atoms with Crippen LogP contribution in [0.4, 0.5) is 5.69 Å². The second kappa shape index (κ2) is 9.81. The maximum absolute atomic E-state index is 11.9. The van der Waals surface area contributed by atoms with Crippen LogP contribution >= 0.6 is 0 Å². The average Bonchev–Trinajstić information content (AvgIpc) is 2.66. The SMILES string of the molecule is CCOc1ccccc1OCC(=O)OCC(=O)Nc1ccccc1C(N)=O. The number of nitrogens with two attached hydrogens (primary N) is 1. The van der Waals surface area contributed by atoms with E-state index in [1.807, 2.05) is 6.92 Å². The molecule has 0 heterocycles. The lowest BCUT2D eigenvalue weighted by Gasteiger charge is -2.11. The molecule has 0 spiro atoms. The molecule has 0 radical (unpaired) electrons. The fourth-order valence-electron chi connectivity index (χ4n) is 2.16. The van der Waals surface area contributed by atoms with E-state index < -0.39 is 24.4 Å². The molecule has 2 rings (SSSR count). The lowest BCUT2D eigenvalue weighted by Crippen LogP contribution is -2.25. The Hall–Kier alpha value is -3.55. The van der Waals surface area contributed by atoms with E-state index in [1.54, 1.807) is 36.4 Å². The van der Waals surface area contributed by atoms with Crippen molar-refractivity contribution in [3.05, 3.63) is 54.1 Å². The summed E-state index contributed by atoms with van der Waals surface area (Å²) in [5.74, 6) is -1.10. The molecule has 0 aliphatic heterocycles. The van der Waals surface area contributed by atoms with E-state index in [1.165, 1.54) is 12.1 Å². The fourth-order valence-corrected chi connectivity index (χ4v) is 2.16. The predicted octanol–water partition coefficient (Wildman–Crippen LogP) is 1.74. The zero-order valence-corrected chi connectivity index (χ0v) is 14.8. The number of para-hydroxylation sites is 3. The lowest BCUT2D eigenvalue weighted by molar-refractivity contribution is -0.149. The van der Waals surface area contributed by atoms with Gasteiger partial charge in [-0.25, -0.2) is 4.79 Å². The van der Waals surface area contributed by atoms with Gasteiger partial charge in [0.2, 0.25) is 0 Å². The third kappa shape index (κ3) is 6.03. The monoisotopic (exact) mass is 372 g/mol. The number of amides is 2. The molecule has 0 bridgehead atoms. The van der Waals surface area contributed by atoms with Crippen molar-refractivity contribution >= 4 is 23.5 Å². The molecule has 0 saturated heterocycles. The van der Waals surface area contributed by atoms with Crippen LogP contribution in [0.1, 0.15) is 17.3 Å². The second-order valence-electron chi connectivity index (χ2n) is 5.29. The first-order chi connectivity index (χ1) is 13.0. The average molecular weight is 372 g/mol. The highest BCUT2D eigenvalue weighted by atomic mass is 16.6. The molecule has 2 aromatic carbocycles. The van der Waals surface area contributed by atoms with Gasteiger partial charge in [0.05, 0.1) is 17.9 Å². The third-order valence-corrected chi connectivity index (χ3v) is 3.33. The Labute approximate surface area is 156 Å². The maximum Gasteiger partial charge on any atom is 0.344 e. The van der Waals surface area contributed by atoms with Crippen molar-refractivity contribution in [1.82, 2.24) is 0 Å². The van der Waals surface area contributed by atoms with Crippen molar-refractivity contribution < 1.29 is 28.6 Å². The summed E-state index contributed by atoms with van der Waals surface area (Å²) in [6, 6.07) is 13.2. The summed E-state index contributed by atoms with van der Waals surface area (Å²) in [4.78, 5) is 35.0. The number of carbonyl (C=O) groups excluding carboxylic acids is 3. The van der Waals surface area contributed by atoms with Crippen LogP contribution in [0.15, 0.2) is 48.5 Å². The minimum Gasteiger partial charge on any atom is -0.490 e. The van der Waals surface area contributed by atoms with Crippen LogP contribution in [0, 0.1) is 0 Å². The first-order valence-electron chi connectivity index (χ1n) is 8.20. The van der Waals surface area contributed by atoms with Crippen LogP contribution in [0.2, 0.25) is 0 Å². The molecule has 8 heteroatoms. The summed E-state index contributed by atoms with van der Waals surface area (Å²) < 4.78 is 15.6. The first-order valence-corrected chi connectivity index (χ1v) is 8.20. The molecule has 2 aromatic rings. The number of anilines is 1. The zero-order valence-electron chi connectivity index (χ0n) is 14.8. The summed E-state index contributed by atoms with van der Waals surface area (Å²) in [6.07, 6.45) is 0. The van der Waals surface area contributed by atoms with Crippen LogP contribution in [-0.2, 0) is 14.3 Å². The van der Waals surface area contributed by atoms with Gasteiger partial charge in [-0.05, 0) is 31.2 Å². The molecule has 0 aliphatic carbocycles. The molecule has 0 aliphatic rings. The van der Waals surface area contributed by atoms with E-state index in [4.69, 9.17) is 19.9 Å². The van der Waals surface area contributed by atoms with E-state index >= 15 is 0 Å². The Bertz CT molecular complexity index is 821. The number of benzene rings is 2. The Morgan fingerprint density at radius 2 is 1.56 bits per heavy atom. The van der Waals surface area contributed by atoms with Gasteiger partial charge in [-0.1, -0.05) is 24.3 Å². The molecule has 3 N–H and O–H groups in total. The number of esters is 1. The smallest absolute Gasteiger partial charge is 0.344 e. The minimum atomic E-state index is -0.723. The Morgan fingerprint density at radius 3 is 2.22 bits per heavy atom. The van der Waals surface area contributed by atoms with Gasteiger partial charge in [0.15, 0.2) is 24.7 Å². The highest BCUT2D eigenvalue weighted by Crippen LogP contribution is 2.26. The number of ether oxygens (including phenoxy) is 3. The van der Waals surface area contributed by atoms with E-state index in [0.717, 1.165) is 0 Å². The minimum absolute atomic E-state index is 0.160. The van der Waals surface area contributed by atoms with Crippen LogP contribution in [0.3, 0.4) is 0 Å². The Balaban J connectivity index is 1.82. The van der Waals surface area contributed by atoms with Crippen molar-refractivity contribution in [2.24, 2.45) is 5.73 Å². The normalized spacial score (nSPS) is 9.96. The van der Waals surface area contributed by atoms with Gasteiger partial charge < -0.3 is 25.3 Å². The Kier molecular flexibility index (Phi) is 7.18. The number of hydrogen-bond acceptors (Lipinski definition) is 6. The molecule has 142 valence electrons. The van der Waals surface area contributed by atoms with E-state index in [9.17, 15) is 14.4 Å². The quantitative estimate of drug-likeness (QED) is 0.648. The third-order valence-electron chi connectivity index (χ3n) is 3.33.